The second kappa shape index (κ2) is 10.5. The Kier molecular flexibility index (Phi) is 8.42. The molecule has 0 aromatic heterocycles. The Labute approximate surface area is 168 Å². The first-order chi connectivity index (χ1) is 13.0. The van der Waals surface area contributed by atoms with Crippen molar-refractivity contribution in [3.05, 3.63) is 28.8 Å². The van der Waals surface area contributed by atoms with Gasteiger partial charge in [-0.3, -0.25) is 9.59 Å². The molecule has 5 nitrogen and oxygen atoms in total. The topological polar surface area (TPSA) is 43.9 Å². The third kappa shape index (κ3) is 5.61. The molecule has 150 valence electrons. The van der Waals surface area contributed by atoms with Crippen LogP contribution in [0.25, 0.3) is 0 Å². The summed E-state index contributed by atoms with van der Waals surface area (Å²) in [6.45, 7) is 10.4. The molecule has 0 aliphatic carbocycles. The molecule has 0 atom stereocenters. The van der Waals surface area contributed by atoms with Crippen molar-refractivity contribution in [3.63, 3.8) is 0 Å². The SMILES string of the molecule is CCCCCCN1CCN(Cc2ccc(N(CC)CC)cc2Cl)C(=O)C1=O. The molecule has 1 saturated heterocycles. The zero-order valence-electron chi connectivity index (χ0n) is 16.8. The smallest absolute Gasteiger partial charge is 0.312 e. The van der Waals surface area contributed by atoms with E-state index in [1.807, 2.05) is 18.2 Å². The van der Waals surface area contributed by atoms with Gasteiger partial charge in [-0.25, -0.2) is 0 Å². The minimum absolute atomic E-state index is 0.381. The summed E-state index contributed by atoms with van der Waals surface area (Å²) in [7, 11) is 0. The van der Waals surface area contributed by atoms with Crippen molar-refractivity contribution in [1.82, 2.24) is 9.80 Å². The molecular formula is C21H32ClN3O2. The average molecular weight is 394 g/mol. The number of nitrogens with zero attached hydrogens (tertiary/aromatic N) is 3. The predicted octanol–water partition coefficient (Wildman–Crippen LogP) is 3.94. The molecule has 0 bridgehead atoms. The van der Waals surface area contributed by atoms with Crippen LogP contribution in [-0.4, -0.2) is 54.3 Å². The lowest BCUT2D eigenvalue weighted by molar-refractivity contribution is -0.156. The monoisotopic (exact) mass is 393 g/mol. The Bertz CT molecular complexity index is 646. The van der Waals surface area contributed by atoms with Gasteiger partial charge in [0, 0.05) is 50.0 Å². The van der Waals surface area contributed by atoms with E-state index in [0.29, 0.717) is 31.2 Å². The summed E-state index contributed by atoms with van der Waals surface area (Å²) in [5.41, 5.74) is 1.96. The van der Waals surface area contributed by atoms with E-state index < -0.39 is 5.91 Å². The molecule has 0 radical (unpaired) electrons. The van der Waals surface area contributed by atoms with E-state index in [4.69, 9.17) is 11.6 Å². The Morgan fingerprint density at radius 1 is 0.963 bits per heavy atom. The van der Waals surface area contributed by atoms with Gasteiger partial charge in [0.25, 0.3) is 0 Å². The molecule has 0 saturated carbocycles. The number of amides is 2. The number of hydrogen-bond donors (Lipinski definition) is 0. The van der Waals surface area contributed by atoms with Gasteiger partial charge in [-0.2, -0.15) is 0 Å². The Balaban J connectivity index is 1.96. The highest BCUT2D eigenvalue weighted by molar-refractivity contribution is 6.35. The van der Waals surface area contributed by atoms with Crippen LogP contribution in [0.5, 0.6) is 0 Å². The van der Waals surface area contributed by atoms with Crippen molar-refractivity contribution < 1.29 is 9.59 Å². The van der Waals surface area contributed by atoms with Crippen LogP contribution < -0.4 is 4.90 Å². The number of unbranched alkanes of at least 4 members (excludes halogenated alkanes) is 3. The molecule has 0 spiro atoms. The van der Waals surface area contributed by atoms with Crippen molar-refractivity contribution >= 4 is 29.1 Å². The number of benzene rings is 1. The summed E-state index contributed by atoms with van der Waals surface area (Å²) >= 11 is 6.46. The van der Waals surface area contributed by atoms with Crippen LogP contribution in [0.15, 0.2) is 18.2 Å². The molecule has 2 rings (SSSR count). The minimum Gasteiger partial charge on any atom is -0.372 e. The number of carbonyl (C=O) groups is 2. The second-order valence-corrected chi connectivity index (χ2v) is 7.43. The van der Waals surface area contributed by atoms with Crippen LogP contribution in [0.2, 0.25) is 5.02 Å². The average Bonchev–Trinajstić information content (AvgIpc) is 2.67. The van der Waals surface area contributed by atoms with Crippen LogP contribution in [0, 0.1) is 0 Å². The molecule has 0 unspecified atom stereocenters. The van der Waals surface area contributed by atoms with Gasteiger partial charge >= 0.3 is 11.8 Å². The standard InChI is InChI=1S/C21H32ClN3O2/c1-4-7-8-9-12-24-13-14-25(21(27)20(24)26)16-17-10-11-18(15-19(17)22)23(5-2)6-3/h10-11,15H,4-9,12-14,16H2,1-3H3. The first-order valence-electron chi connectivity index (χ1n) is 10.1. The summed E-state index contributed by atoms with van der Waals surface area (Å²) in [6.07, 6.45) is 4.40. The summed E-state index contributed by atoms with van der Waals surface area (Å²) in [5, 5.41) is 0.640. The molecule has 27 heavy (non-hydrogen) atoms. The predicted molar refractivity (Wildman–Crippen MR) is 111 cm³/mol. The lowest BCUT2D eigenvalue weighted by Crippen LogP contribution is -2.54. The highest BCUT2D eigenvalue weighted by Crippen LogP contribution is 2.25. The van der Waals surface area contributed by atoms with Crippen molar-refractivity contribution in [1.29, 1.82) is 0 Å². The molecule has 1 aromatic carbocycles. The molecule has 0 N–H and O–H groups in total. The van der Waals surface area contributed by atoms with E-state index >= 15 is 0 Å². The molecule has 1 heterocycles. The van der Waals surface area contributed by atoms with Gasteiger partial charge in [0.05, 0.1) is 0 Å². The zero-order valence-corrected chi connectivity index (χ0v) is 17.6. The van der Waals surface area contributed by atoms with Crippen LogP contribution >= 0.6 is 11.6 Å². The van der Waals surface area contributed by atoms with Crippen LogP contribution in [0.3, 0.4) is 0 Å². The van der Waals surface area contributed by atoms with Crippen molar-refractivity contribution in [2.75, 3.05) is 37.6 Å². The van der Waals surface area contributed by atoms with E-state index in [9.17, 15) is 9.59 Å². The van der Waals surface area contributed by atoms with Gasteiger partial charge in [-0.05, 0) is 38.0 Å². The van der Waals surface area contributed by atoms with E-state index in [-0.39, 0.29) is 5.91 Å². The van der Waals surface area contributed by atoms with Gasteiger partial charge in [-0.1, -0.05) is 43.9 Å². The maximum Gasteiger partial charge on any atom is 0.312 e. The van der Waals surface area contributed by atoms with Gasteiger partial charge in [-0.15, -0.1) is 0 Å². The maximum atomic E-state index is 12.5. The molecule has 1 aliphatic heterocycles. The van der Waals surface area contributed by atoms with Gasteiger partial charge in [0.15, 0.2) is 0 Å². The van der Waals surface area contributed by atoms with E-state index in [0.717, 1.165) is 43.6 Å². The Hall–Kier alpha value is -1.75. The van der Waals surface area contributed by atoms with Crippen molar-refractivity contribution in [2.45, 2.75) is 53.0 Å². The van der Waals surface area contributed by atoms with Gasteiger partial charge in [0.2, 0.25) is 0 Å². The first-order valence-corrected chi connectivity index (χ1v) is 10.5. The fourth-order valence-electron chi connectivity index (χ4n) is 3.46. The van der Waals surface area contributed by atoms with Crippen molar-refractivity contribution in [2.24, 2.45) is 0 Å². The molecule has 1 fully saturated rings. The van der Waals surface area contributed by atoms with Crippen LogP contribution in [-0.2, 0) is 16.1 Å². The van der Waals surface area contributed by atoms with E-state index in [1.165, 1.54) is 6.42 Å². The lowest BCUT2D eigenvalue weighted by atomic mass is 10.1. The normalized spacial score (nSPS) is 14.8. The zero-order chi connectivity index (χ0) is 19.8. The van der Waals surface area contributed by atoms with Crippen LogP contribution in [0.4, 0.5) is 5.69 Å². The third-order valence-corrected chi connectivity index (χ3v) is 5.56. The minimum atomic E-state index is -0.416. The molecule has 2 amide bonds. The number of hydrogen-bond acceptors (Lipinski definition) is 3. The highest BCUT2D eigenvalue weighted by atomic mass is 35.5. The molecule has 1 aliphatic rings. The van der Waals surface area contributed by atoms with E-state index in [1.54, 1.807) is 9.80 Å². The van der Waals surface area contributed by atoms with Crippen molar-refractivity contribution in [3.8, 4) is 0 Å². The Morgan fingerprint density at radius 2 is 1.63 bits per heavy atom. The number of carbonyl (C=O) groups excluding carboxylic acids is 2. The second-order valence-electron chi connectivity index (χ2n) is 7.03. The van der Waals surface area contributed by atoms with Crippen LogP contribution in [0.1, 0.15) is 52.0 Å². The molecule has 1 aromatic rings. The summed E-state index contributed by atoms with van der Waals surface area (Å²) in [4.78, 5) is 30.4. The van der Waals surface area contributed by atoms with Gasteiger partial charge < -0.3 is 14.7 Å². The number of anilines is 1. The Morgan fingerprint density at radius 3 is 2.26 bits per heavy atom. The highest BCUT2D eigenvalue weighted by Gasteiger charge is 2.32. The maximum absolute atomic E-state index is 12.5. The molecular weight excluding hydrogens is 362 g/mol. The van der Waals surface area contributed by atoms with Gasteiger partial charge in [0.1, 0.15) is 0 Å². The fraction of sp³-hybridized carbons (Fsp3) is 0.619. The number of halogens is 1. The lowest BCUT2D eigenvalue weighted by Gasteiger charge is -2.34. The largest absolute Gasteiger partial charge is 0.372 e. The molecule has 6 heteroatoms. The third-order valence-electron chi connectivity index (χ3n) is 5.21. The fourth-order valence-corrected chi connectivity index (χ4v) is 3.70. The number of piperazine rings is 1. The summed E-state index contributed by atoms with van der Waals surface area (Å²) in [6, 6.07) is 5.94. The first kappa shape index (κ1) is 21.5. The number of rotatable bonds is 10. The summed E-state index contributed by atoms with van der Waals surface area (Å²) in [5.74, 6) is -0.797. The summed E-state index contributed by atoms with van der Waals surface area (Å²) < 4.78 is 0. The quantitative estimate of drug-likeness (QED) is 0.446. The van der Waals surface area contributed by atoms with E-state index in [2.05, 4.69) is 25.7 Å².